The van der Waals surface area contributed by atoms with Crippen molar-refractivity contribution in [2.75, 3.05) is 18.1 Å². The number of aromatic carboxylic acids is 1. The number of hydrogen-bond acceptors (Lipinski definition) is 4. The fourth-order valence-electron chi connectivity index (χ4n) is 1.22. The van der Waals surface area contributed by atoms with E-state index in [1.165, 1.54) is 6.07 Å². The Morgan fingerprint density at radius 2 is 2.41 bits per heavy atom. The summed E-state index contributed by atoms with van der Waals surface area (Å²) in [4.78, 5) is 14.7. The quantitative estimate of drug-likeness (QED) is 0.545. The van der Waals surface area contributed by atoms with E-state index in [1.807, 2.05) is 12.1 Å². The van der Waals surface area contributed by atoms with Gasteiger partial charge in [-0.1, -0.05) is 12.1 Å². The van der Waals surface area contributed by atoms with E-state index in [1.54, 1.807) is 17.8 Å². The molecule has 0 saturated carbocycles. The van der Waals surface area contributed by atoms with Gasteiger partial charge in [0.15, 0.2) is 0 Å². The summed E-state index contributed by atoms with van der Waals surface area (Å²) in [5, 5.41) is 12.0. The van der Waals surface area contributed by atoms with Gasteiger partial charge in [-0.3, -0.25) is 0 Å². The highest BCUT2D eigenvalue weighted by atomic mass is 32.2. The molecule has 0 radical (unpaired) electrons. The number of nitrogens with one attached hydrogen (secondary N) is 1. The summed E-state index contributed by atoms with van der Waals surface area (Å²) in [5.41, 5.74) is 0.837. The number of nitrogens with zero attached hydrogens (tertiary/aromatic N) is 1. The highest BCUT2D eigenvalue weighted by Gasteiger charge is 2.04. The largest absolute Gasteiger partial charge is 0.477 e. The fraction of sp³-hybridized carbons (Fsp3) is 0.333. The van der Waals surface area contributed by atoms with E-state index in [0.717, 1.165) is 23.7 Å². The van der Waals surface area contributed by atoms with Crippen molar-refractivity contribution in [1.82, 2.24) is 10.3 Å². The van der Waals surface area contributed by atoms with Crippen molar-refractivity contribution in [3.63, 3.8) is 0 Å². The van der Waals surface area contributed by atoms with Crippen molar-refractivity contribution >= 4 is 17.7 Å². The Labute approximate surface area is 105 Å². The molecule has 1 aromatic rings. The van der Waals surface area contributed by atoms with Crippen molar-refractivity contribution in [1.29, 1.82) is 0 Å². The van der Waals surface area contributed by atoms with Crippen LogP contribution in [0.4, 0.5) is 0 Å². The molecule has 0 bridgehead atoms. The Hall–Kier alpha value is -1.33. The van der Waals surface area contributed by atoms with Crippen LogP contribution in [0, 0.1) is 0 Å². The molecular weight excluding hydrogens is 236 g/mol. The number of hydrogen-bond donors (Lipinski definition) is 2. The molecule has 17 heavy (non-hydrogen) atoms. The maximum Gasteiger partial charge on any atom is 0.354 e. The van der Waals surface area contributed by atoms with Gasteiger partial charge in [0.05, 0.1) is 5.69 Å². The predicted molar refractivity (Wildman–Crippen MR) is 70.4 cm³/mol. The van der Waals surface area contributed by atoms with Crippen LogP contribution < -0.4 is 5.32 Å². The molecule has 0 aliphatic heterocycles. The molecule has 0 spiro atoms. The van der Waals surface area contributed by atoms with E-state index in [4.69, 9.17) is 5.11 Å². The molecule has 0 aromatic carbocycles. The maximum absolute atomic E-state index is 10.7. The standard InChI is InChI=1S/C12H16N2O2S/c1-2-7-17-8-6-13-9-10-4-3-5-11(14-10)12(15)16/h2-5,13H,1,6-9H2,(H,15,16). The van der Waals surface area contributed by atoms with Crippen LogP contribution in [0.15, 0.2) is 30.9 Å². The van der Waals surface area contributed by atoms with E-state index in [2.05, 4.69) is 16.9 Å². The van der Waals surface area contributed by atoms with Crippen molar-refractivity contribution in [3.05, 3.63) is 42.2 Å². The minimum Gasteiger partial charge on any atom is -0.477 e. The van der Waals surface area contributed by atoms with E-state index < -0.39 is 5.97 Å². The molecule has 1 rings (SSSR count). The summed E-state index contributed by atoms with van der Waals surface area (Å²) in [5.74, 6) is 0.965. The molecule has 5 heteroatoms. The highest BCUT2D eigenvalue weighted by Crippen LogP contribution is 2.00. The minimum atomic E-state index is -0.992. The van der Waals surface area contributed by atoms with Crippen LogP contribution >= 0.6 is 11.8 Å². The first-order chi connectivity index (χ1) is 8.24. The molecule has 0 amide bonds. The summed E-state index contributed by atoms with van der Waals surface area (Å²) in [7, 11) is 0. The Balaban J connectivity index is 2.29. The zero-order valence-corrected chi connectivity index (χ0v) is 10.4. The molecular formula is C12H16N2O2S. The SMILES string of the molecule is C=CCSCCNCc1cccc(C(=O)O)n1. The molecule has 92 valence electrons. The van der Waals surface area contributed by atoms with Gasteiger partial charge in [-0.05, 0) is 12.1 Å². The van der Waals surface area contributed by atoms with Crippen LogP contribution in [0.25, 0.3) is 0 Å². The molecule has 0 aliphatic rings. The van der Waals surface area contributed by atoms with Crippen molar-refractivity contribution in [2.45, 2.75) is 6.54 Å². The molecule has 1 heterocycles. The van der Waals surface area contributed by atoms with Crippen LogP contribution in [0.2, 0.25) is 0 Å². The second-order valence-electron chi connectivity index (χ2n) is 3.36. The molecule has 2 N–H and O–H groups in total. The lowest BCUT2D eigenvalue weighted by molar-refractivity contribution is 0.0690. The van der Waals surface area contributed by atoms with E-state index in [-0.39, 0.29) is 5.69 Å². The molecule has 0 atom stereocenters. The molecule has 1 aromatic heterocycles. The van der Waals surface area contributed by atoms with Crippen molar-refractivity contribution in [2.24, 2.45) is 0 Å². The average molecular weight is 252 g/mol. The van der Waals surface area contributed by atoms with Gasteiger partial charge in [0, 0.05) is 24.6 Å². The predicted octanol–water partition coefficient (Wildman–Crippen LogP) is 1.79. The van der Waals surface area contributed by atoms with Crippen LogP contribution in [-0.4, -0.2) is 34.1 Å². The number of carboxylic acids is 1. The number of carboxylic acid groups (broad SMARTS) is 1. The lowest BCUT2D eigenvalue weighted by atomic mass is 10.3. The van der Waals surface area contributed by atoms with Gasteiger partial charge < -0.3 is 10.4 Å². The maximum atomic E-state index is 10.7. The summed E-state index contributed by atoms with van der Waals surface area (Å²) in [6.45, 7) is 5.11. The molecule has 0 fully saturated rings. The Morgan fingerprint density at radius 3 is 3.12 bits per heavy atom. The van der Waals surface area contributed by atoms with Gasteiger partial charge in [-0.25, -0.2) is 9.78 Å². The molecule has 4 nitrogen and oxygen atoms in total. The summed E-state index contributed by atoms with van der Waals surface area (Å²) in [6, 6.07) is 5.02. The zero-order chi connectivity index (χ0) is 12.5. The smallest absolute Gasteiger partial charge is 0.354 e. The first-order valence-corrected chi connectivity index (χ1v) is 6.48. The highest BCUT2D eigenvalue weighted by molar-refractivity contribution is 7.99. The van der Waals surface area contributed by atoms with Crippen LogP contribution in [-0.2, 0) is 6.54 Å². The second kappa shape index (κ2) is 7.86. The van der Waals surface area contributed by atoms with E-state index in [0.29, 0.717) is 6.54 Å². The van der Waals surface area contributed by atoms with Crippen molar-refractivity contribution in [3.8, 4) is 0 Å². The summed E-state index contributed by atoms with van der Waals surface area (Å²) >= 11 is 1.80. The first kappa shape index (κ1) is 13.7. The lowest BCUT2D eigenvalue weighted by Crippen LogP contribution is -2.18. The third-order valence-electron chi connectivity index (χ3n) is 1.99. The van der Waals surface area contributed by atoms with E-state index in [9.17, 15) is 4.79 Å². The number of pyridine rings is 1. The van der Waals surface area contributed by atoms with Crippen LogP contribution in [0.3, 0.4) is 0 Å². The zero-order valence-electron chi connectivity index (χ0n) is 9.56. The third-order valence-corrected chi connectivity index (χ3v) is 2.96. The fourth-order valence-corrected chi connectivity index (χ4v) is 1.85. The third kappa shape index (κ3) is 5.51. The Bertz CT molecular complexity index is 383. The lowest BCUT2D eigenvalue weighted by Gasteiger charge is -2.04. The Morgan fingerprint density at radius 1 is 1.59 bits per heavy atom. The molecule has 0 aliphatic carbocycles. The van der Waals surface area contributed by atoms with Gasteiger partial charge in [0.1, 0.15) is 5.69 Å². The number of rotatable bonds is 8. The minimum absolute atomic E-state index is 0.0883. The summed E-state index contributed by atoms with van der Waals surface area (Å²) < 4.78 is 0. The average Bonchev–Trinajstić information content (AvgIpc) is 2.34. The van der Waals surface area contributed by atoms with Gasteiger partial charge in [-0.15, -0.1) is 6.58 Å². The Kier molecular flexibility index (Phi) is 6.35. The van der Waals surface area contributed by atoms with Crippen molar-refractivity contribution < 1.29 is 9.90 Å². The molecule has 0 saturated heterocycles. The van der Waals surface area contributed by atoms with Crippen LogP contribution in [0.1, 0.15) is 16.2 Å². The molecule has 0 unspecified atom stereocenters. The van der Waals surface area contributed by atoms with Gasteiger partial charge >= 0.3 is 5.97 Å². The van der Waals surface area contributed by atoms with Gasteiger partial charge in [0.2, 0.25) is 0 Å². The normalized spacial score (nSPS) is 10.1. The van der Waals surface area contributed by atoms with Gasteiger partial charge in [-0.2, -0.15) is 11.8 Å². The number of aromatic nitrogens is 1. The monoisotopic (exact) mass is 252 g/mol. The van der Waals surface area contributed by atoms with E-state index >= 15 is 0 Å². The topological polar surface area (TPSA) is 62.2 Å². The van der Waals surface area contributed by atoms with Gasteiger partial charge in [0.25, 0.3) is 0 Å². The second-order valence-corrected chi connectivity index (χ2v) is 4.51. The number of carbonyl (C=O) groups is 1. The summed E-state index contributed by atoms with van der Waals surface area (Å²) in [6.07, 6.45) is 1.88. The van der Waals surface area contributed by atoms with Crippen LogP contribution in [0.5, 0.6) is 0 Å². The number of thioether (sulfide) groups is 1. The first-order valence-electron chi connectivity index (χ1n) is 5.32.